The summed E-state index contributed by atoms with van der Waals surface area (Å²) in [5, 5.41) is 9.72. The fourth-order valence-corrected chi connectivity index (χ4v) is 4.15. The summed E-state index contributed by atoms with van der Waals surface area (Å²) in [4.78, 5) is 28.0. The first-order chi connectivity index (χ1) is 17.9. The van der Waals surface area contributed by atoms with Crippen LogP contribution in [0.25, 0.3) is 11.0 Å². The van der Waals surface area contributed by atoms with Crippen LogP contribution in [0.2, 0.25) is 0 Å². The highest BCUT2D eigenvalue weighted by Crippen LogP contribution is 2.32. The molecule has 0 saturated carbocycles. The quantitative estimate of drug-likeness (QED) is 0.415. The molecule has 9 nitrogen and oxygen atoms in total. The highest BCUT2D eigenvalue weighted by molar-refractivity contribution is 5.91. The van der Waals surface area contributed by atoms with Gasteiger partial charge in [-0.1, -0.05) is 36.4 Å². The van der Waals surface area contributed by atoms with Gasteiger partial charge in [-0.25, -0.2) is 0 Å². The molecular formula is C28H31NO8. The Morgan fingerprint density at radius 2 is 1.81 bits per heavy atom. The number of aliphatic hydroxyl groups excluding tert-OH is 1. The first kappa shape index (κ1) is 26.6. The van der Waals surface area contributed by atoms with E-state index in [0.29, 0.717) is 23.0 Å². The minimum absolute atomic E-state index is 0.0420. The topological polar surface area (TPSA) is 108 Å². The van der Waals surface area contributed by atoms with Crippen LogP contribution in [-0.2, 0) is 37.0 Å². The number of rotatable bonds is 10. The number of benzene rings is 2. The molecule has 4 rings (SSSR count). The third kappa shape index (κ3) is 6.26. The number of amides is 1. The first-order valence-corrected chi connectivity index (χ1v) is 11.9. The molecule has 1 aliphatic rings. The van der Waals surface area contributed by atoms with Gasteiger partial charge in [0.05, 0.1) is 31.4 Å². The Kier molecular flexibility index (Phi) is 8.73. The second-order valence-corrected chi connectivity index (χ2v) is 8.81. The molecule has 2 unspecified atom stereocenters. The lowest BCUT2D eigenvalue weighted by Gasteiger charge is -2.31. The molecule has 0 fully saturated rings. The second-order valence-electron chi connectivity index (χ2n) is 8.81. The van der Waals surface area contributed by atoms with Crippen LogP contribution in [0.1, 0.15) is 29.0 Å². The maximum absolute atomic E-state index is 13.3. The summed E-state index contributed by atoms with van der Waals surface area (Å²) < 4.78 is 28.1. The van der Waals surface area contributed by atoms with Crippen molar-refractivity contribution in [2.75, 3.05) is 27.8 Å². The zero-order chi connectivity index (χ0) is 26.4. The average Bonchev–Trinajstić information content (AvgIpc) is 2.94. The van der Waals surface area contributed by atoms with Gasteiger partial charge < -0.3 is 33.4 Å². The van der Waals surface area contributed by atoms with E-state index in [-0.39, 0.29) is 30.9 Å². The lowest BCUT2D eigenvalue weighted by molar-refractivity contribution is -0.160. The number of methoxy groups -OCH3 is 2. The Morgan fingerprint density at radius 1 is 1.11 bits per heavy atom. The number of nitrogens with zero attached hydrogens (tertiary/aromatic N) is 1. The molecule has 0 aliphatic carbocycles. The molecule has 37 heavy (non-hydrogen) atoms. The smallest absolute Gasteiger partial charge is 0.288 e. The number of fused-ring (bicyclic) bond motifs is 1. The minimum Gasteiger partial charge on any atom is -0.464 e. The Bertz CT molecular complexity index is 1300. The summed E-state index contributed by atoms with van der Waals surface area (Å²) >= 11 is 0. The zero-order valence-corrected chi connectivity index (χ0v) is 21.1. The van der Waals surface area contributed by atoms with Crippen molar-refractivity contribution in [3.8, 4) is 0 Å². The van der Waals surface area contributed by atoms with Gasteiger partial charge in [-0.05, 0) is 29.3 Å². The Balaban J connectivity index is 1.60. The van der Waals surface area contributed by atoms with Crippen molar-refractivity contribution < 1.29 is 33.3 Å². The highest BCUT2D eigenvalue weighted by atomic mass is 16.7. The number of allylic oxidation sites excluding steroid dienone is 1. The van der Waals surface area contributed by atoms with E-state index in [2.05, 4.69) is 0 Å². The van der Waals surface area contributed by atoms with Crippen molar-refractivity contribution in [3.05, 3.63) is 93.5 Å². The van der Waals surface area contributed by atoms with Crippen LogP contribution in [0.3, 0.4) is 0 Å². The SMILES string of the molecule is COC(CN(C)C(=O)C1=CC(c2coc3ccccc3c2=O)CC(OCc2ccc(CO)cc2)O1)OC. The predicted octanol–water partition coefficient (Wildman–Crippen LogP) is 3.29. The molecule has 2 heterocycles. The third-order valence-corrected chi connectivity index (χ3v) is 6.31. The number of carbonyl (C=O) groups excluding carboxylic acids is 1. The molecule has 196 valence electrons. The maximum atomic E-state index is 13.3. The van der Waals surface area contributed by atoms with E-state index in [1.807, 2.05) is 24.3 Å². The number of carbonyl (C=O) groups is 1. The van der Waals surface area contributed by atoms with Crippen LogP contribution in [0.5, 0.6) is 0 Å². The molecule has 1 aliphatic heterocycles. The van der Waals surface area contributed by atoms with E-state index in [0.717, 1.165) is 11.1 Å². The summed E-state index contributed by atoms with van der Waals surface area (Å²) in [5.41, 5.74) is 2.42. The Labute approximate surface area is 214 Å². The normalized spacial score (nSPS) is 17.5. The predicted molar refractivity (Wildman–Crippen MR) is 135 cm³/mol. The lowest BCUT2D eigenvalue weighted by atomic mass is 9.93. The van der Waals surface area contributed by atoms with Crippen LogP contribution in [0.4, 0.5) is 0 Å². The van der Waals surface area contributed by atoms with Gasteiger partial charge in [0.2, 0.25) is 6.29 Å². The van der Waals surface area contributed by atoms with Gasteiger partial charge in [-0.2, -0.15) is 0 Å². The van der Waals surface area contributed by atoms with Gasteiger partial charge in [0.25, 0.3) is 5.91 Å². The molecule has 0 bridgehead atoms. The number of hydrogen-bond acceptors (Lipinski definition) is 8. The van der Waals surface area contributed by atoms with E-state index >= 15 is 0 Å². The summed E-state index contributed by atoms with van der Waals surface area (Å²) in [6.45, 7) is 0.361. The van der Waals surface area contributed by atoms with E-state index < -0.39 is 24.4 Å². The standard InChI is InChI=1S/C28H31NO8/c1-29(14-26(33-2)34-3)28(32)24-12-20(22-17-35-23-7-5-4-6-21(23)27(22)31)13-25(37-24)36-16-19-10-8-18(15-30)9-11-19/h4-12,17,20,25-26,30H,13-16H2,1-3H3. The van der Waals surface area contributed by atoms with Crippen LogP contribution in [0.15, 0.2) is 75.8 Å². The number of likely N-dealkylation sites (N-methyl/N-ethyl adjacent to an activating group) is 1. The van der Waals surface area contributed by atoms with Crippen molar-refractivity contribution in [2.45, 2.75) is 38.1 Å². The van der Waals surface area contributed by atoms with Crippen LogP contribution in [0, 0.1) is 0 Å². The minimum atomic E-state index is -0.786. The molecule has 9 heteroatoms. The second kappa shape index (κ2) is 12.2. The largest absolute Gasteiger partial charge is 0.464 e. The monoisotopic (exact) mass is 509 g/mol. The number of para-hydroxylation sites is 1. The fraction of sp³-hybridized carbons (Fsp3) is 0.357. The van der Waals surface area contributed by atoms with Gasteiger partial charge in [-0.3, -0.25) is 9.59 Å². The highest BCUT2D eigenvalue weighted by Gasteiger charge is 2.32. The van der Waals surface area contributed by atoms with Crippen molar-refractivity contribution >= 4 is 16.9 Å². The summed E-state index contributed by atoms with van der Waals surface area (Å²) in [6, 6.07) is 14.4. The lowest BCUT2D eigenvalue weighted by Crippen LogP contribution is -2.39. The van der Waals surface area contributed by atoms with Crippen LogP contribution in [-0.4, -0.2) is 56.3 Å². The third-order valence-electron chi connectivity index (χ3n) is 6.31. The molecule has 1 aromatic heterocycles. The molecule has 2 aromatic carbocycles. The Hall–Kier alpha value is -3.50. The fourth-order valence-electron chi connectivity index (χ4n) is 4.15. The number of aliphatic hydroxyl groups is 1. The molecular weight excluding hydrogens is 478 g/mol. The van der Waals surface area contributed by atoms with Crippen LogP contribution >= 0.6 is 0 Å². The van der Waals surface area contributed by atoms with Gasteiger partial charge in [0, 0.05) is 39.2 Å². The van der Waals surface area contributed by atoms with E-state index in [4.69, 9.17) is 23.4 Å². The average molecular weight is 510 g/mol. The van der Waals surface area contributed by atoms with Crippen LogP contribution < -0.4 is 5.43 Å². The van der Waals surface area contributed by atoms with E-state index in [1.165, 1.54) is 25.4 Å². The number of ether oxygens (including phenoxy) is 4. The van der Waals surface area contributed by atoms with Gasteiger partial charge in [-0.15, -0.1) is 0 Å². The van der Waals surface area contributed by atoms with Crippen molar-refractivity contribution in [2.24, 2.45) is 0 Å². The summed E-state index contributed by atoms with van der Waals surface area (Å²) in [6.07, 6.45) is 2.02. The molecule has 0 spiro atoms. The van der Waals surface area contributed by atoms with E-state index in [9.17, 15) is 14.7 Å². The Morgan fingerprint density at radius 3 is 2.51 bits per heavy atom. The van der Waals surface area contributed by atoms with E-state index in [1.54, 1.807) is 37.4 Å². The zero-order valence-electron chi connectivity index (χ0n) is 21.1. The molecule has 1 amide bonds. The van der Waals surface area contributed by atoms with Crippen molar-refractivity contribution in [1.82, 2.24) is 4.90 Å². The molecule has 2 atom stereocenters. The summed E-state index contributed by atoms with van der Waals surface area (Å²) in [7, 11) is 4.61. The molecule has 3 aromatic rings. The maximum Gasteiger partial charge on any atom is 0.288 e. The van der Waals surface area contributed by atoms with Crippen molar-refractivity contribution in [3.63, 3.8) is 0 Å². The van der Waals surface area contributed by atoms with Gasteiger partial charge >= 0.3 is 0 Å². The molecule has 1 N–H and O–H groups in total. The van der Waals surface area contributed by atoms with Crippen molar-refractivity contribution in [1.29, 1.82) is 0 Å². The first-order valence-electron chi connectivity index (χ1n) is 11.9. The van der Waals surface area contributed by atoms with Gasteiger partial charge in [0.1, 0.15) is 5.58 Å². The number of hydrogen-bond donors (Lipinski definition) is 1. The molecule has 0 radical (unpaired) electrons. The van der Waals surface area contributed by atoms with Gasteiger partial charge in [0.15, 0.2) is 17.5 Å². The summed E-state index contributed by atoms with van der Waals surface area (Å²) in [5.74, 6) is -0.794. The molecule has 0 saturated heterocycles.